The smallest absolute Gasteiger partial charge is 0.270 e. The maximum absolute atomic E-state index is 13.1. The van der Waals surface area contributed by atoms with Crippen LogP contribution in [-0.2, 0) is 21.3 Å². The van der Waals surface area contributed by atoms with E-state index >= 15 is 0 Å². The molecule has 1 atom stereocenters. The summed E-state index contributed by atoms with van der Waals surface area (Å²) in [5.41, 5.74) is 1.000. The molecular weight excluding hydrogens is 436 g/mol. The van der Waals surface area contributed by atoms with E-state index in [0.717, 1.165) is 12.8 Å². The Kier molecular flexibility index (Phi) is 6.48. The van der Waals surface area contributed by atoms with Crippen LogP contribution in [0.2, 0.25) is 0 Å². The molecule has 4 heterocycles. The highest BCUT2D eigenvalue weighted by Gasteiger charge is 2.35. The second kappa shape index (κ2) is 9.12. The SMILES string of the molecule is Cc1c(/C=C2/SC(=S)N(CC3CCCO3)C2=O)c(N2CCOCC2)n(C)c(=O)c1C#N. The molecule has 3 saturated heterocycles. The van der Waals surface area contributed by atoms with Crippen LogP contribution in [0.3, 0.4) is 0 Å². The molecule has 0 saturated carbocycles. The van der Waals surface area contributed by atoms with Gasteiger partial charge in [-0.2, -0.15) is 5.26 Å². The van der Waals surface area contributed by atoms with E-state index in [0.29, 0.717) is 65.6 Å². The van der Waals surface area contributed by atoms with Crippen LogP contribution >= 0.6 is 24.0 Å². The van der Waals surface area contributed by atoms with Crippen LogP contribution in [-0.4, -0.2) is 65.3 Å². The number of carbonyl (C=O) groups excluding carboxylic acids is 1. The van der Waals surface area contributed by atoms with E-state index in [1.165, 1.54) is 16.3 Å². The van der Waals surface area contributed by atoms with Crippen molar-refractivity contribution in [2.45, 2.75) is 25.9 Å². The predicted molar refractivity (Wildman–Crippen MR) is 123 cm³/mol. The molecule has 164 valence electrons. The van der Waals surface area contributed by atoms with Gasteiger partial charge in [-0.3, -0.25) is 19.1 Å². The van der Waals surface area contributed by atoms with Crippen LogP contribution in [0.1, 0.15) is 29.5 Å². The van der Waals surface area contributed by atoms with Crippen LogP contribution in [0.4, 0.5) is 5.82 Å². The van der Waals surface area contributed by atoms with Gasteiger partial charge in [-0.05, 0) is 31.4 Å². The number of rotatable bonds is 4. The number of amides is 1. The van der Waals surface area contributed by atoms with Gasteiger partial charge in [-0.15, -0.1) is 0 Å². The first-order chi connectivity index (χ1) is 14.9. The maximum Gasteiger partial charge on any atom is 0.270 e. The highest BCUT2D eigenvalue weighted by atomic mass is 32.2. The Balaban J connectivity index is 1.76. The van der Waals surface area contributed by atoms with Gasteiger partial charge >= 0.3 is 0 Å². The third kappa shape index (κ3) is 4.15. The van der Waals surface area contributed by atoms with Gasteiger partial charge < -0.3 is 14.4 Å². The Labute approximate surface area is 190 Å². The molecule has 1 aromatic rings. The molecule has 1 aromatic heterocycles. The second-order valence-electron chi connectivity index (χ2n) is 7.74. The number of aromatic nitrogens is 1. The number of thioether (sulfide) groups is 1. The zero-order valence-electron chi connectivity index (χ0n) is 17.5. The number of hydrogen-bond acceptors (Lipinski definition) is 8. The Morgan fingerprint density at radius 2 is 2.03 bits per heavy atom. The van der Waals surface area contributed by atoms with Crippen molar-refractivity contribution in [2.24, 2.45) is 7.05 Å². The monoisotopic (exact) mass is 460 g/mol. The van der Waals surface area contributed by atoms with Crippen molar-refractivity contribution in [1.29, 1.82) is 5.26 Å². The second-order valence-corrected chi connectivity index (χ2v) is 9.42. The van der Waals surface area contributed by atoms with Gasteiger partial charge in [-0.1, -0.05) is 24.0 Å². The lowest BCUT2D eigenvalue weighted by Crippen LogP contribution is -2.40. The summed E-state index contributed by atoms with van der Waals surface area (Å²) >= 11 is 6.72. The average molecular weight is 461 g/mol. The number of nitrogens with zero attached hydrogens (tertiary/aromatic N) is 4. The van der Waals surface area contributed by atoms with Gasteiger partial charge in [0.1, 0.15) is 21.8 Å². The summed E-state index contributed by atoms with van der Waals surface area (Å²) in [6.07, 6.45) is 3.69. The molecule has 0 N–H and O–H groups in total. The first-order valence-electron chi connectivity index (χ1n) is 10.3. The molecule has 8 nitrogen and oxygen atoms in total. The van der Waals surface area contributed by atoms with Crippen LogP contribution in [0, 0.1) is 18.3 Å². The number of anilines is 1. The summed E-state index contributed by atoms with van der Waals surface area (Å²) < 4.78 is 13.1. The van der Waals surface area contributed by atoms with Crippen molar-refractivity contribution >= 4 is 46.1 Å². The average Bonchev–Trinajstić information content (AvgIpc) is 3.37. The van der Waals surface area contributed by atoms with Crippen LogP contribution in [0.25, 0.3) is 6.08 Å². The number of thiocarbonyl (C=S) groups is 1. The fraction of sp³-hybridized carbons (Fsp3) is 0.524. The van der Waals surface area contributed by atoms with Gasteiger partial charge in [0.2, 0.25) is 0 Å². The summed E-state index contributed by atoms with van der Waals surface area (Å²) in [4.78, 5) is 30.1. The lowest BCUT2D eigenvalue weighted by Gasteiger charge is -2.32. The van der Waals surface area contributed by atoms with Crippen molar-refractivity contribution < 1.29 is 14.3 Å². The number of pyridine rings is 1. The Bertz CT molecular complexity index is 1050. The van der Waals surface area contributed by atoms with E-state index in [1.54, 1.807) is 24.9 Å². The predicted octanol–water partition coefficient (Wildman–Crippen LogP) is 1.78. The lowest BCUT2D eigenvalue weighted by atomic mass is 10.0. The third-order valence-electron chi connectivity index (χ3n) is 5.84. The quantitative estimate of drug-likeness (QED) is 0.496. The molecule has 3 aliphatic heterocycles. The van der Waals surface area contributed by atoms with Crippen molar-refractivity contribution in [3.63, 3.8) is 0 Å². The highest BCUT2D eigenvalue weighted by Crippen LogP contribution is 2.36. The Hall–Kier alpha value is -2.19. The van der Waals surface area contributed by atoms with Crippen molar-refractivity contribution in [2.75, 3.05) is 44.4 Å². The van der Waals surface area contributed by atoms with Gasteiger partial charge in [0.05, 0.1) is 30.8 Å². The normalized spacial score (nSPS) is 23.1. The van der Waals surface area contributed by atoms with Crippen molar-refractivity contribution in [3.05, 3.63) is 31.9 Å². The topological polar surface area (TPSA) is 87.8 Å². The summed E-state index contributed by atoms with van der Waals surface area (Å²) in [6, 6.07) is 2.03. The first-order valence-corrected chi connectivity index (χ1v) is 11.5. The zero-order chi connectivity index (χ0) is 22.1. The standard InChI is InChI=1S/C21H24N4O4S2/c1-13-15(10-17-20(27)25(21(30)31-17)12-14-4-3-7-29-14)18(24-5-8-28-9-6-24)23(2)19(26)16(13)11-22/h10,14H,3-9,12H2,1-2H3/b17-10+. The molecule has 0 spiro atoms. The van der Waals surface area contributed by atoms with Crippen LogP contribution in [0.15, 0.2) is 9.70 Å². The number of morpholine rings is 1. The summed E-state index contributed by atoms with van der Waals surface area (Å²) in [7, 11) is 1.66. The summed E-state index contributed by atoms with van der Waals surface area (Å²) in [5.74, 6) is 0.527. The Morgan fingerprint density at radius 3 is 2.68 bits per heavy atom. The molecule has 1 unspecified atom stereocenters. The molecule has 0 aromatic carbocycles. The first kappa shape index (κ1) is 22.0. The zero-order valence-corrected chi connectivity index (χ0v) is 19.2. The fourth-order valence-corrected chi connectivity index (χ4v) is 5.41. The van der Waals surface area contributed by atoms with Gasteiger partial charge in [0.25, 0.3) is 11.5 Å². The van der Waals surface area contributed by atoms with Gasteiger partial charge in [-0.25, -0.2) is 0 Å². The molecule has 1 amide bonds. The molecule has 4 rings (SSSR count). The minimum atomic E-state index is -0.343. The van der Waals surface area contributed by atoms with E-state index < -0.39 is 0 Å². The van der Waals surface area contributed by atoms with E-state index in [4.69, 9.17) is 21.7 Å². The van der Waals surface area contributed by atoms with Gasteiger partial charge in [0.15, 0.2) is 0 Å². The fourth-order valence-electron chi connectivity index (χ4n) is 4.15. The molecule has 0 bridgehead atoms. The third-order valence-corrected chi connectivity index (χ3v) is 7.22. The molecule has 3 fully saturated rings. The molecule has 31 heavy (non-hydrogen) atoms. The maximum atomic E-state index is 13.1. The number of ether oxygens (including phenoxy) is 2. The minimum absolute atomic E-state index is 0.00948. The molecule has 10 heteroatoms. The van der Waals surface area contributed by atoms with E-state index in [9.17, 15) is 14.9 Å². The lowest BCUT2D eigenvalue weighted by molar-refractivity contribution is -0.123. The minimum Gasteiger partial charge on any atom is -0.378 e. The van der Waals surface area contributed by atoms with Crippen LogP contribution < -0.4 is 10.5 Å². The highest BCUT2D eigenvalue weighted by molar-refractivity contribution is 8.26. The number of hydrogen-bond donors (Lipinski definition) is 0. The van der Waals surface area contributed by atoms with Gasteiger partial charge in [0, 0.05) is 32.3 Å². The summed E-state index contributed by atoms with van der Waals surface area (Å²) in [5, 5.41) is 9.57. The van der Waals surface area contributed by atoms with Crippen molar-refractivity contribution in [1.82, 2.24) is 9.47 Å². The molecule has 0 aliphatic carbocycles. The summed E-state index contributed by atoms with van der Waals surface area (Å²) in [6.45, 7) is 5.27. The Morgan fingerprint density at radius 1 is 1.29 bits per heavy atom. The molecule has 0 radical (unpaired) electrons. The van der Waals surface area contributed by atoms with E-state index in [-0.39, 0.29) is 23.1 Å². The number of nitriles is 1. The van der Waals surface area contributed by atoms with E-state index in [2.05, 4.69) is 4.90 Å². The molecular formula is C21H24N4O4S2. The number of carbonyl (C=O) groups is 1. The van der Waals surface area contributed by atoms with Crippen LogP contribution in [0.5, 0.6) is 0 Å². The molecule has 3 aliphatic rings. The van der Waals surface area contributed by atoms with E-state index in [1.807, 2.05) is 6.07 Å². The van der Waals surface area contributed by atoms with Crippen molar-refractivity contribution in [3.8, 4) is 6.07 Å². The largest absolute Gasteiger partial charge is 0.378 e.